The van der Waals surface area contributed by atoms with Crippen molar-refractivity contribution in [3.05, 3.63) is 0 Å². The molecule has 4 nitrogen and oxygen atoms in total. The minimum absolute atomic E-state index is 0.0374. The summed E-state index contributed by atoms with van der Waals surface area (Å²) in [6, 6.07) is -0.0374. The lowest BCUT2D eigenvalue weighted by Crippen LogP contribution is -2.37. The summed E-state index contributed by atoms with van der Waals surface area (Å²) in [6.07, 6.45) is 0. The third-order valence-corrected chi connectivity index (χ3v) is 0.968. The summed E-state index contributed by atoms with van der Waals surface area (Å²) in [4.78, 5) is 10.5. The quantitative estimate of drug-likeness (QED) is 0.543. The molecule has 10 heavy (non-hydrogen) atoms. The number of carbonyl (C=O) groups is 1. The Morgan fingerprint density at radius 1 is 1.80 bits per heavy atom. The summed E-state index contributed by atoms with van der Waals surface area (Å²) in [5.74, 6) is -0.371. The van der Waals surface area contributed by atoms with Gasteiger partial charge in [-0.25, -0.2) is 0 Å². The van der Waals surface area contributed by atoms with Crippen molar-refractivity contribution in [2.45, 2.75) is 13.0 Å². The Morgan fingerprint density at radius 3 is 2.80 bits per heavy atom. The molecule has 0 aliphatic heterocycles. The highest BCUT2D eigenvalue weighted by Crippen LogP contribution is 1.80. The third kappa shape index (κ3) is 4.29. The highest BCUT2D eigenvalue weighted by molar-refractivity contribution is 5.77. The van der Waals surface area contributed by atoms with E-state index in [1.54, 1.807) is 14.0 Å². The highest BCUT2D eigenvalue weighted by atomic mass is 16.5. The van der Waals surface area contributed by atoms with Crippen LogP contribution in [0, 0.1) is 0 Å². The Kier molecular flexibility index (Phi) is 4.88. The van der Waals surface area contributed by atoms with Gasteiger partial charge >= 0.3 is 0 Å². The fourth-order valence-electron chi connectivity index (χ4n) is 0.612. The van der Waals surface area contributed by atoms with Crippen molar-refractivity contribution in [3.8, 4) is 0 Å². The van der Waals surface area contributed by atoms with E-state index in [2.05, 4.69) is 5.32 Å². The normalized spacial score (nSPS) is 12.7. The van der Waals surface area contributed by atoms with Crippen molar-refractivity contribution in [1.29, 1.82) is 0 Å². The molecule has 4 heteroatoms. The molecule has 2 N–H and O–H groups in total. The number of hydrogen-bond acceptors (Lipinski definition) is 3. The lowest BCUT2D eigenvalue weighted by Gasteiger charge is -2.10. The molecule has 0 rings (SSSR count). The predicted molar refractivity (Wildman–Crippen MR) is 36.6 cm³/mol. The average Bonchev–Trinajstić information content (AvgIpc) is 1.88. The minimum atomic E-state index is -0.464. The molecule has 0 saturated heterocycles. The summed E-state index contributed by atoms with van der Waals surface area (Å²) in [5.41, 5.74) is 0. The maximum atomic E-state index is 10.5. The van der Waals surface area contributed by atoms with E-state index in [-0.39, 0.29) is 11.9 Å². The van der Waals surface area contributed by atoms with Gasteiger partial charge in [-0.2, -0.15) is 0 Å². The van der Waals surface area contributed by atoms with Crippen molar-refractivity contribution < 1.29 is 14.6 Å². The molecule has 1 amide bonds. The van der Waals surface area contributed by atoms with Gasteiger partial charge in [0.1, 0.15) is 6.61 Å². The number of rotatable bonds is 4. The number of nitrogens with one attached hydrogen (secondary N) is 1. The van der Waals surface area contributed by atoms with E-state index in [0.29, 0.717) is 6.61 Å². The van der Waals surface area contributed by atoms with E-state index in [1.807, 2.05) is 0 Å². The van der Waals surface area contributed by atoms with Gasteiger partial charge in [-0.3, -0.25) is 4.79 Å². The molecule has 60 valence electrons. The van der Waals surface area contributed by atoms with E-state index in [1.165, 1.54) is 0 Å². The Bertz CT molecular complexity index is 105. The first-order valence-corrected chi connectivity index (χ1v) is 3.10. The van der Waals surface area contributed by atoms with Crippen LogP contribution in [-0.4, -0.2) is 37.4 Å². The molecular weight excluding hydrogens is 134 g/mol. The largest absolute Gasteiger partial charge is 0.387 e. The Morgan fingerprint density at radius 2 is 2.40 bits per heavy atom. The number of aliphatic hydroxyl groups is 1. The van der Waals surface area contributed by atoms with Crippen LogP contribution in [0.1, 0.15) is 6.92 Å². The fraction of sp³-hybridized carbons (Fsp3) is 0.833. The van der Waals surface area contributed by atoms with Gasteiger partial charge in [0.05, 0.1) is 6.61 Å². The number of amides is 1. The van der Waals surface area contributed by atoms with E-state index in [9.17, 15) is 4.79 Å². The number of hydrogen-bond donors (Lipinski definition) is 2. The molecule has 0 bridgehead atoms. The van der Waals surface area contributed by atoms with Crippen LogP contribution >= 0.6 is 0 Å². The molecule has 0 aromatic rings. The second kappa shape index (κ2) is 5.20. The van der Waals surface area contributed by atoms with E-state index >= 15 is 0 Å². The smallest absolute Gasteiger partial charge is 0.245 e. The van der Waals surface area contributed by atoms with Crippen molar-refractivity contribution >= 4 is 5.91 Å². The van der Waals surface area contributed by atoms with E-state index in [4.69, 9.17) is 9.84 Å². The topological polar surface area (TPSA) is 58.6 Å². The van der Waals surface area contributed by atoms with Gasteiger partial charge in [0, 0.05) is 13.2 Å². The van der Waals surface area contributed by atoms with Crippen LogP contribution in [0.3, 0.4) is 0 Å². The fourth-order valence-corrected chi connectivity index (χ4v) is 0.612. The van der Waals surface area contributed by atoms with Gasteiger partial charge in [-0.05, 0) is 6.92 Å². The van der Waals surface area contributed by atoms with Gasteiger partial charge in [0.15, 0.2) is 0 Å². The van der Waals surface area contributed by atoms with Crippen molar-refractivity contribution in [2.75, 3.05) is 20.3 Å². The number of methoxy groups -OCH3 is 1. The average molecular weight is 147 g/mol. The Labute approximate surface area is 60.2 Å². The summed E-state index contributed by atoms with van der Waals surface area (Å²) in [7, 11) is 1.56. The van der Waals surface area contributed by atoms with Crippen LogP contribution in [0.15, 0.2) is 0 Å². The molecule has 0 saturated carbocycles. The molecule has 1 atom stereocenters. The van der Waals surface area contributed by atoms with E-state index < -0.39 is 6.61 Å². The molecule has 1 unspecified atom stereocenters. The molecule has 0 spiro atoms. The SMILES string of the molecule is COCC(C)NC(=O)CO. The maximum Gasteiger partial charge on any atom is 0.245 e. The molecule has 0 aliphatic carbocycles. The standard InChI is InChI=1S/C6H13NO3/c1-5(4-10-2)7-6(9)3-8/h5,8H,3-4H2,1-2H3,(H,7,9). The predicted octanol–water partition coefficient (Wildman–Crippen LogP) is -0.870. The molecule has 0 heterocycles. The zero-order valence-corrected chi connectivity index (χ0v) is 6.26. The highest BCUT2D eigenvalue weighted by Gasteiger charge is 2.03. The zero-order valence-electron chi connectivity index (χ0n) is 6.26. The van der Waals surface area contributed by atoms with Gasteiger partial charge in [0.2, 0.25) is 5.91 Å². The summed E-state index contributed by atoms with van der Waals surface area (Å²) in [5, 5.41) is 10.8. The van der Waals surface area contributed by atoms with Crippen molar-refractivity contribution in [3.63, 3.8) is 0 Å². The van der Waals surface area contributed by atoms with Gasteiger partial charge in [-0.15, -0.1) is 0 Å². The molecule has 0 aliphatic rings. The molecule has 0 aromatic carbocycles. The number of aliphatic hydroxyl groups excluding tert-OH is 1. The van der Waals surface area contributed by atoms with Crippen LogP contribution in [0.2, 0.25) is 0 Å². The number of carbonyl (C=O) groups excluding carboxylic acids is 1. The van der Waals surface area contributed by atoms with Gasteiger partial charge in [0.25, 0.3) is 0 Å². The van der Waals surface area contributed by atoms with Crippen LogP contribution < -0.4 is 5.32 Å². The lowest BCUT2D eigenvalue weighted by atomic mass is 10.3. The first kappa shape index (κ1) is 9.39. The first-order valence-electron chi connectivity index (χ1n) is 3.10. The summed E-state index contributed by atoms with van der Waals surface area (Å²) >= 11 is 0. The van der Waals surface area contributed by atoms with Gasteiger partial charge < -0.3 is 15.2 Å². The second-order valence-corrected chi connectivity index (χ2v) is 2.08. The monoisotopic (exact) mass is 147 g/mol. The van der Waals surface area contributed by atoms with Crippen LogP contribution in [0.4, 0.5) is 0 Å². The Balaban J connectivity index is 3.37. The molecule has 0 aromatic heterocycles. The van der Waals surface area contributed by atoms with Gasteiger partial charge in [-0.1, -0.05) is 0 Å². The second-order valence-electron chi connectivity index (χ2n) is 2.08. The van der Waals surface area contributed by atoms with Crippen LogP contribution in [0.5, 0.6) is 0 Å². The summed E-state index contributed by atoms with van der Waals surface area (Å²) in [6.45, 7) is 1.80. The number of ether oxygens (including phenoxy) is 1. The lowest BCUT2D eigenvalue weighted by molar-refractivity contribution is -0.124. The summed E-state index contributed by atoms with van der Waals surface area (Å²) < 4.78 is 4.75. The minimum Gasteiger partial charge on any atom is -0.387 e. The van der Waals surface area contributed by atoms with Crippen LogP contribution in [0.25, 0.3) is 0 Å². The zero-order chi connectivity index (χ0) is 7.98. The van der Waals surface area contributed by atoms with Crippen molar-refractivity contribution in [1.82, 2.24) is 5.32 Å². The Hall–Kier alpha value is -0.610. The maximum absolute atomic E-state index is 10.5. The van der Waals surface area contributed by atoms with Crippen LogP contribution in [-0.2, 0) is 9.53 Å². The van der Waals surface area contributed by atoms with E-state index in [0.717, 1.165) is 0 Å². The molecule has 0 fully saturated rings. The molecular formula is C6H13NO3. The third-order valence-electron chi connectivity index (χ3n) is 0.968. The first-order chi connectivity index (χ1) is 4.70. The van der Waals surface area contributed by atoms with Crippen molar-refractivity contribution in [2.24, 2.45) is 0 Å². The molecule has 0 radical (unpaired) electrons.